The van der Waals surface area contributed by atoms with Crippen LogP contribution in [0.1, 0.15) is 37.6 Å². The Hall–Kier alpha value is -2.50. The van der Waals surface area contributed by atoms with E-state index in [1.807, 2.05) is 25.7 Å². The SMILES string of the molecule is CC(C)(C)n1cc(C(=O)O)c(=O)c2cc(F)c(N3CC[C@H](N)C3)cc21.CS(=O)(=O)O. The fourth-order valence-electron chi connectivity index (χ4n) is 3.29. The van der Waals surface area contributed by atoms with E-state index in [1.165, 1.54) is 6.20 Å². The average Bonchev–Trinajstić information content (AvgIpc) is 2.98. The van der Waals surface area contributed by atoms with Gasteiger partial charge in [0, 0.05) is 36.3 Å². The molecule has 1 aromatic carbocycles. The van der Waals surface area contributed by atoms with Gasteiger partial charge in [-0.2, -0.15) is 8.42 Å². The lowest BCUT2D eigenvalue weighted by Crippen LogP contribution is -2.29. The first kappa shape index (κ1) is 23.8. The molecule has 166 valence electrons. The number of hydrogen-bond donors (Lipinski definition) is 3. The topological polar surface area (TPSA) is 143 Å². The summed E-state index contributed by atoms with van der Waals surface area (Å²) in [4.78, 5) is 25.8. The van der Waals surface area contributed by atoms with E-state index in [4.69, 9.17) is 10.3 Å². The fraction of sp³-hybridized carbons (Fsp3) is 0.474. The number of carbonyl (C=O) groups is 1. The van der Waals surface area contributed by atoms with E-state index >= 15 is 0 Å². The summed E-state index contributed by atoms with van der Waals surface area (Å²) in [6.45, 7) is 6.90. The van der Waals surface area contributed by atoms with Gasteiger partial charge in [-0.25, -0.2) is 9.18 Å². The van der Waals surface area contributed by atoms with Crippen molar-refractivity contribution in [3.63, 3.8) is 0 Å². The predicted molar refractivity (Wildman–Crippen MR) is 112 cm³/mol. The molecule has 2 heterocycles. The van der Waals surface area contributed by atoms with E-state index in [0.717, 1.165) is 12.5 Å². The average molecular weight is 443 g/mol. The summed E-state index contributed by atoms with van der Waals surface area (Å²) in [7, 11) is -3.67. The minimum atomic E-state index is -3.67. The predicted octanol–water partition coefficient (Wildman–Crippen LogP) is 1.64. The number of anilines is 1. The molecule has 2 aromatic rings. The second-order valence-electron chi connectivity index (χ2n) is 8.27. The molecule has 3 rings (SSSR count). The molecule has 0 saturated carbocycles. The maximum atomic E-state index is 14.7. The highest BCUT2D eigenvalue weighted by molar-refractivity contribution is 7.85. The first-order valence-electron chi connectivity index (χ1n) is 9.15. The minimum Gasteiger partial charge on any atom is -0.477 e. The summed E-state index contributed by atoms with van der Waals surface area (Å²) >= 11 is 0. The van der Waals surface area contributed by atoms with Crippen LogP contribution in [0.15, 0.2) is 23.1 Å². The number of carboxylic acid groups (broad SMARTS) is 1. The Morgan fingerprint density at radius 3 is 2.30 bits per heavy atom. The zero-order chi connectivity index (χ0) is 23.0. The van der Waals surface area contributed by atoms with Crippen LogP contribution >= 0.6 is 0 Å². The molecule has 1 fully saturated rings. The Morgan fingerprint density at radius 1 is 1.30 bits per heavy atom. The van der Waals surface area contributed by atoms with Gasteiger partial charge in [0.25, 0.3) is 10.1 Å². The van der Waals surface area contributed by atoms with Crippen LogP contribution in [0.5, 0.6) is 0 Å². The zero-order valence-electron chi connectivity index (χ0n) is 17.2. The molecule has 1 atom stereocenters. The van der Waals surface area contributed by atoms with Crippen LogP contribution in [0.25, 0.3) is 10.9 Å². The van der Waals surface area contributed by atoms with Crippen LogP contribution in [-0.2, 0) is 15.7 Å². The fourth-order valence-corrected chi connectivity index (χ4v) is 3.29. The summed E-state index contributed by atoms with van der Waals surface area (Å²) in [5.41, 5.74) is 5.30. The van der Waals surface area contributed by atoms with Crippen LogP contribution in [0.2, 0.25) is 0 Å². The highest BCUT2D eigenvalue weighted by atomic mass is 32.2. The van der Waals surface area contributed by atoms with Crippen molar-refractivity contribution in [1.29, 1.82) is 0 Å². The number of fused-ring (bicyclic) bond motifs is 1. The third kappa shape index (κ3) is 5.55. The van der Waals surface area contributed by atoms with Gasteiger partial charge in [-0.3, -0.25) is 9.35 Å². The van der Waals surface area contributed by atoms with Crippen LogP contribution in [-0.4, -0.2) is 54.0 Å². The molecule has 0 radical (unpaired) electrons. The van der Waals surface area contributed by atoms with Gasteiger partial charge in [0.05, 0.1) is 17.5 Å². The molecule has 0 aliphatic carbocycles. The molecule has 4 N–H and O–H groups in total. The number of carboxylic acids is 1. The second kappa shape index (κ2) is 8.32. The van der Waals surface area contributed by atoms with E-state index < -0.39 is 32.9 Å². The number of benzene rings is 1. The molecule has 1 aliphatic heterocycles. The van der Waals surface area contributed by atoms with E-state index in [9.17, 15) is 27.5 Å². The second-order valence-corrected chi connectivity index (χ2v) is 9.73. The quantitative estimate of drug-likeness (QED) is 0.595. The molecule has 11 heteroatoms. The molecule has 0 spiro atoms. The van der Waals surface area contributed by atoms with Gasteiger partial charge in [-0.05, 0) is 39.3 Å². The van der Waals surface area contributed by atoms with Crippen molar-refractivity contribution in [1.82, 2.24) is 4.57 Å². The van der Waals surface area contributed by atoms with Gasteiger partial charge in [0.15, 0.2) is 0 Å². The highest BCUT2D eigenvalue weighted by Gasteiger charge is 2.26. The summed E-state index contributed by atoms with van der Waals surface area (Å²) in [6.07, 6.45) is 2.83. The van der Waals surface area contributed by atoms with Crippen molar-refractivity contribution in [3.05, 3.63) is 39.9 Å². The van der Waals surface area contributed by atoms with Gasteiger partial charge >= 0.3 is 5.97 Å². The van der Waals surface area contributed by atoms with Crippen LogP contribution in [0.4, 0.5) is 10.1 Å². The number of aromatic nitrogens is 1. The molecule has 1 saturated heterocycles. The molecule has 0 bridgehead atoms. The van der Waals surface area contributed by atoms with E-state index in [0.29, 0.717) is 30.5 Å². The van der Waals surface area contributed by atoms with Gasteiger partial charge < -0.3 is 20.3 Å². The van der Waals surface area contributed by atoms with Gasteiger partial charge in [-0.15, -0.1) is 0 Å². The number of rotatable bonds is 2. The summed E-state index contributed by atoms with van der Waals surface area (Å²) in [5.74, 6) is -1.86. The lowest BCUT2D eigenvalue weighted by molar-refractivity contribution is 0.0694. The monoisotopic (exact) mass is 443 g/mol. The molecule has 9 nitrogen and oxygen atoms in total. The van der Waals surface area contributed by atoms with E-state index in [-0.39, 0.29) is 17.0 Å². The van der Waals surface area contributed by atoms with Crippen LogP contribution < -0.4 is 16.1 Å². The maximum Gasteiger partial charge on any atom is 0.341 e. The van der Waals surface area contributed by atoms with Gasteiger partial charge in [0.2, 0.25) is 5.43 Å². The first-order valence-corrected chi connectivity index (χ1v) is 11.0. The Bertz CT molecular complexity index is 1130. The van der Waals surface area contributed by atoms with Crippen molar-refractivity contribution in [2.75, 3.05) is 24.2 Å². The smallest absolute Gasteiger partial charge is 0.341 e. The Balaban J connectivity index is 0.000000575. The molecule has 0 unspecified atom stereocenters. The number of pyridine rings is 1. The Kier molecular flexibility index (Phi) is 6.60. The highest BCUT2D eigenvalue weighted by Crippen LogP contribution is 2.30. The summed E-state index contributed by atoms with van der Waals surface area (Å²) < 4.78 is 42.2. The minimum absolute atomic E-state index is 0.00528. The zero-order valence-corrected chi connectivity index (χ0v) is 18.0. The standard InChI is InChI=1S/C18H22FN3O3.CH4O3S/c1-18(2,3)22-9-12(17(24)25)16(23)11-6-13(19)15(7-14(11)22)21-5-4-10(20)8-21;1-5(2,3)4/h6-7,9-10H,4-5,8,20H2,1-3H3,(H,24,25);1H3,(H,2,3,4)/t10-;/m0./s1. The molecular formula is C19H26FN3O6S. The molecule has 0 amide bonds. The number of nitrogens with zero attached hydrogens (tertiary/aromatic N) is 2. The Labute approximate surface area is 173 Å². The van der Waals surface area contributed by atoms with Crippen LogP contribution in [0.3, 0.4) is 0 Å². The lowest BCUT2D eigenvalue weighted by Gasteiger charge is -2.27. The van der Waals surface area contributed by atoms with Gasteiger partial charge in [-0.1, -0.05) is 0 Å². The number of nitrogens with two attached hydrogens (primary N) is 1. The van der Waals surface area contributed by atoms with Gasteiger partial charge in [0.1, 0.15) is 11.4 Å². The molecule has 1 aliphatic rings. The van der Waals surface area contributed by atoms with Crippen molar-refractivity contribution >= 4 is 32.7 Å². The van der Waals surface area contributed by atoms with Crippen molar-refractivity contribution in [3.8, 4) is 0 Å². The van der Waals surface area contributed by atoms with E-state index in [2.05, 4.69) is 0 Å². The van der Waals surface area contributed by atoms with Crippen molar-refractivity contribution < 1.29 is 27.3 Å². The largest absolute Gasteiger partial charge is 0.477 e. The van der Waals surface area contributed by atoms with Crippen molar-refractivity contribution in [2.24, 2.45) is 5.73 Å². The molecule has 30 heavy (non-hydrogen) atoms. The Morgan fingerprint density at radius 2 is 1.87 bits per heavy atom. The molecular weight excluding hydrogens is 417 g/mol. The van der Waals surface area contributed by atoms with E-state index in [1.54, 1.807) is 10.6 Å². The first-order chi connectivity index (χ1) is 13.6. The molecule has 1 aromatic heterocycles. The summed E-state index contributed by atoms with van der Waals surface area (Å²) in [5, 5.41) is 9.38. The third-order valence-corrected chi connectivity index (χ3v) is 4.59. The third-order valence-electron chi connectivity index (χ3n) is 4.59. The normalized spacial score (nSPS) is 17.0. The number of halogens is 1. The maximum absolute atomic E-state index is 14.7. The lowest BCUT2D eigenvalue weighted by atomic mass is 10.0. The number of aromatic carboxylic acids is 1. The number of hydrogen-bond acceptors (Lipinski definition) is 6. The van der Waals surface area contributed by atoms with Crippen LogP contribution in [0, 0.1) is 5.82 Å². The van der Waals surface area contributed by atoms with Crippen molar-refractivity contribution in [2.45, 2.75) is 38.8 Å². The summed E-state index contributed by atoms with van der Waals surface area (Å²) in [6, 6.07) is 2.77.